The molecular formula is C14H21NO3. The van der Waals surface area contributed by atoms with Crippen LogP contribution in [0.1, 0.15) is 19.4 Å². The minimum atomic E-state index is -0.328. The van der Waals surface area contributed by atoms with Crippen molar-refractivity contribution in [2.24, 2.45) is 0 Å². The molecule has 0 spiro atoms. The number of likely N-dealkylation sites (N-methyl/N-ethyl adjacent to an activating group) is 1. The molecule has 4 heteroatoms. The Labute approximate surface area is 108 Å². The minimum Gasteiger partial charge on any atom is -0.445 e. The van der Waals surface area contributed by atoms with Crippen molar-refractivity contribution in [1.82, 2.24) is 4.90 Å². The second-order valence-electron chi connectivity index (χ2n) is 4.38. The van der Waals surface area contributed by atoms with Gasteiger partial charge >= 0.3 is 6.09 Å². The van der Waals surface area contributed by atoms with E-state index in [-0.39, 0.29) is 12.2 Å². The number of amides is 1. The van der Waals surface area contributed by atoms with Gasteiger partial charge < -0.3 is 14.4 Å². The van der Waals surface area contributed by atoms with Gasteiger partial charge in [-0.3, -0.25) is 0 Å². The molecule has 0 bridgehead atoms. The van der Waals surface area contributed by atoms with Crippen molar-refractivity contribution in [3.8, 4) is 0 Å². The molecule has 0 aliphatic heterocycles. The third-order valence-corrected chi connectivity index (χ3v) is 2.39. The van der Waals surface area contributed by atoms with Gasteiger partial charge in [0.25, 0.3) is 0 Å². The number of carbonyl (C=O) groups excluding carboxylic acids is 1. The maximum atomic E-state index is 11.6. The summed E-state index contributed by atoms with van der Waals surface area (Å²) < 4.78 is 10.6. The molecule has 1 amide bonds. The molecule has 1 aromatic carbocycles. The Morgan fingerprint density at radius 1 is 1.28 bits per heavy atom. The first-order valence-electron chi connectivity index (χ1n) is 6.13. The molecule has 0 saturated heterocycles. The standard InChI is InChI=1S/C14H21NO3/c1-12(2)17-10-9-15(3)14(16)18-11-13-7-5-4-6-8-13/h4-8,12H,9-11H2,1-3H3. The summed E-state index contributed by atoms with van der Waals surface area (Å²) in [7, 11) is 1.71. The maximum absolute atomic E-state index is 11.6. The van der Waals surface area contributed by atoms with E-state index in [0.717, 1.165) is 5.56 Å². The Morgan fingerprint density at radius 3 is 2.56 bits per heavy atom. The summed E-state index contributed by atoms with van der Waals surface area (Å²) in [6, 6.07) is 9.62. The summed E-state index contributed by atoms with van der Waals surface area (Å²) >= 11 is 0. The predicted octanol–water partition coefficient (Wildman–Crippen LogP) is 2.68. The smallest absolute Gasteiger partial charge is 0.409 e. The van der Waals surface area contributed by atoms with Crippen molar-refractivity contribution in [1.29, 1.82) is 0 Å². The van der Waals surface area contributed by atoms with Gasteiger partial charge in [0.1, 0.15) is 6.61 Å². The highest BCUT2D eigenvalue weighted by molar-refractivity contribution is 5.67. The third kappa shape index (κ3) is 5.68. The number of ether oxygens (including phenoxy) is 2. The highest BCUT2D eigenvalue weighted by Crippen LogP contribution is 2.02. The van der Waals surface area contributed by atoms with Crippen LogP contribution >= 0.6 is 0 Å². The molecular weight excluding hydrogens is 230 g/mol. The molecule has 0 heterocycles. The largest absolute Gasteiger partial charge is 0.445 e. The van der Waals surface area contributed by atoms with Crippen molar-refractivity contribution >= 4 is 6.09 Å². The maximum Gasteiger partial charge on any atom is 0.409 e. The Morgan fingerprint density at radius 2 is 1.94 bits per heavy atom. The molecule has 1 aromatic rings. The SMILES string of the molecule is CC(C)OCCN(C)C(=O)OCc1ccccc1. The summed E-state index contributed by atoms with van der Waals surface area (Å²) in [6.07, 6.45) is -0.148. The lowest BCUT2D eigenvalue weighted by Crippen LogP contribution is -2.31. The summed E-state index contributed by atoms with van der Waals surface area (Å²) in [5.74, 6) is 0. The lowest BCUT2D eigenvalue weighted by Gasteiger charge is -2.17. The van der Waals surface area contributed by atoms with Gasteiger partial charge in [-0.05, 0) is 19.4 Å². The van der Waals surface area contributed by atoms with Crippen LogP contribution in [0, 0.1) is 0 Å². The Balaban J connectivity index is 2.23. The molecule has 1 rings (SSSR count). The number of carbonyl (C=O) groups is 1. The fourth-order valence-corrected chi connectivity index (χ4v) is 1.35. The average molecular weight is 251 g/mol. The van der Waals surface area contributed by atoms with Gasteiger partial charge in [0.2, 0.25) is 0 Å². The van der Waals surface area contributed by atoms with Crippen LogP contribution in [-0.4, -0.2) is 37.3 Å². The topological polar surface area (TPSA) is 38.8 Å². The second-order valence-corrected chi connectivity index (χ2v) is 4.38. The Hall–Kier alpha value is -1.55. The van der Waals surface area contributed by atoms with Crippen LogP contribution in [0.2, 0.25) is 0 Å². The van der Waals surface area contributed by atoms with E-state index in [9.17, 15) is 4.79 Å². The van der Waals surface area contributed by atoms with E-state index in [2.05, 4.69) is 0 Å². The fraction of sp³-hybridized carbons (Fsp3) is 0.500. The van der Waals surface area contributed by atoms with Crippen LogP contribution < -0.4 is 0 Å². The van der Waals surface area contributed by atoms with Crippen molar-refractivity contribution in [3.63, 3.8) is 0 Å². The van der Waals surface area contributed by atoms with Gasteiger partial charge in [-0.1, -0.05) is 30.3 Å². The molecule has 100 valence electrons. The number of hydrogen-bond donors (Lipinski definition) is 0. The van der Waals surface area contributed by atoms with Crippen LogP contribution in [-0.2, 0) is 16.1 Å². The van der Waals surface area contributed by atoms with Gasteiger partial charge in [0.05, 0.1) is 12.7 Å². The Kier molecular flexibility index (Phi) is 6.22. The summed E-state index contributed by atoms with van der Waals surface area (Å²) in [5.41, 5.74) is 0.984. The van der Waals surface area contributed by atoms with E-state index < -0.39 is 0 Å². The molecule has 18 heavy (non-hydrogen) atoms. The molecule has 0 aliphatic carbocycles. The quantitative estimate of drug-likeness (QED) is 0.780. The van der Waals surface area contributed by atoms with Gasteiger partial charge in [-0.2, -0.15) is 0 Å². The van der Waals surface area contributed by atoms with Crippen molar-refractivity contribution < 1.29 is 14.3 Å². The van der Waals surface area contributed by atoms with Gasteiger partial charge in [-0.15, -0.1) is 0 Å². The van der Waals surface area contributed by atoms with E-state index in [0.29, 0.717) is 19.8 Å². The van der Waals surface area contributed by atoms with E-state index in [1.54, 1.807) is 7.05 Å². The second kappa shape index (κ2) is 7.71. The highest BCUT2D eigenvalue weighted by atomic mass is 16.6. The molecule has 4 nitrogen and oxygen atoms in total. The van der Waals surface area contributed by atoms with E-state index in [1.807, 2.05) is 44.2 Å². The zero-order valence-electron chi connectivity index (χ0n) is 11.3. The molecule has 0 atom stereocenters. The number of benzene rings is 1. The molecule has 0 saturated carbocycles. The third-order valence-electron chi connectivity index (χ3n) is 2.39. The van der Waals surface area contributed by atoms with Crippen LogP contribution in [0.3, 0.4) is 0 Å². The van der Waals surface area contributed by atoms with Crippen LogP contribution in [0.25, 0.3) is 0 Å². The van der Waals surface area contributed by atoms with E-state index in [1.165, 1.54) is 4.90 Å². The fourth-order valence-electron chi connectivity index (χ4n) is 1.35. The summed E-state index contributed by atoms with van der Waals surface area (Å²) in [4.78, 5) is 13.2. The zero-order chi connectivity index (χ0) is 13.4. The van der Waals surface area contributed by atoms with Crippen molar-refractivity contribution in [3.05, 3.63) is 35.9 Å². The van der Waals surface area contributed by atoms with Crippen LogP contribution in [0.15, 0.2) is 30.3 Å². The lowest BCUT2D eigenvalue weighted by atomic mass is 10.2. The summed E-state index contributed by atoms with van der Waals surface area (Å²) in [5, 5.41) is 0. The molecule has 0 unspecified atom stereocenters. The first kappa shape index (κ1) is 14.5. The van der Waals surface area contributed by atoms with Gasteiger partial charge in [0.15, 0.2) is 0 Å². The summed E-state index contributed by atoms with van der Waals surface area (Å²) in [6.45, 7) is 5.29. The van der Waals surface area contributed by atoms with E-state index in [4.69, 9.17) is 9.47 Å². The molecule has 0 N–H and O–H groups in total. The molecule has 0 aromatic heterocycles. The molecule has 0 radical (unpaired) electrons. The van der Waals surface area contributed by atoms with Gasteiger partial charge in [0, 0.05) is 13.6 Å². The monoisotopic (exact) mass is 251 g/mol. The van der Waals surface area contributed by atoms with Gasteiger partial charge in [-0.25, -0.2) is 4.79 Å². The first-order valence-corrected chi connectivity index (χ1v) is 6.13. The van der Waals surface area contributed by atoms with Crippen molar-refractivity contribution in [2.75, 3.05) is 20.2 Å². The zero-order valence-corrected chi connectivity index (χ0v) is 11.3. The first-order chi connectivity index (χ1) is 8.59. The molecule has 0 aliphatic rings. The number of nitrogens with zero attached hydrogens (tertiary/aromatic N) is 1. The highest BCUT2D eigenvalue weighted by Gasteiger charge is 2.09. The van der Waals surface area contributed by atoms with E-state index >= 15 is 0 Å². The van der Waals surface area contributed by atoms with Crippen molar-refractivity contribution in [2.45, 2.75) is 26.6 Å². The minimum absolute atomic E-state index is 0.179. The predicted molar refractivity (Wildman–Crippen MR) is 70.3 cm³/mol. The average Bonchev–Trinajstić information content (AvgIpc) is 2.36. The van der Waals surface area contributed by atoms with Crippen LogP contribution in [0.5, 0.6) is 0 Å². The normalized spacial score (nSPS) is 10.4. The Bertz CT molecular complexity index is 351. The lowest BCUT2D eigenvalue weighted by molar-refractivity contribution is 0.0538. The van der Waals surface area contributed by atoms with Crippen LogP contribution in [0.4, 0.5) is 4.79 Å². The number of hydrogen-bond acceptors (Lipinski definition) is 3. The number of rotatable bonds is 6. The molecule has 0 fully saturated rings.